The molecule has 36 heavy (non-hydrogen) atoms. The van der Waals surface area contributed by atoms with Gasteiger partial charge in [-0.3, -0.25) is 9.69 Å². The maximum absolute atomic E-state index is 15.3. The van der Waals surface area contributed by atoms with E-state index in [1.165, 1.54) is 21.9 Å². The van der Waals surface area contributed by atoms with Crippen LogP contribution in [0.3, 0.4) is 0 Å². The van der Waals surface area contributed by atoms with E-state index in [1.807, 2.05) is 0 Å². The molecule has 1 amide bonds. The van der Waals surface area contributed by atoms with Crippen LogP contribution >= 0.6 is 0 Å². The van der Waals surface area contributed by atoms with Crippen molar-refractivity contribution >= 4 is 17.5 Å². The first kappa shape index (κ1) is 27.5. The number of rotatable bonds is 9. The van der Waals surface area contributed by atoms with Crippen molar-refractivity contribution in [1.82, 2.24) is 14.9 Å². The van der Waals surface area contributed by atoms with Crippen LogP contribution in [-0.4, -0.2) is 80.2 Å². The average Bonchev–Trinajstić information content (AvgIpc) is 2.79. The summed E-state index contributed by atoms with van der Waals surface area (Å²) in [6.45, 7) is 1.03. The molecule has 0 spiro atoms. The molecule has 0 radical (unpaired) electrons. The molecule has 1 aliphatic rings. The fourth-order valence-electron chi connectivity index (χ4n) is 3.96. The first-order chi connectivity index (χ1) is 16.8. The number of carbonyl (C=O) groups is 1. The molecule has 6 N–H and O–H groups in total. The summed E-state index contributed by atoms with van der Waals surface area (Å²) in [6.07, 6.45) is -3.55. The normalized spacial score (nSPS) is 20.2. The second-order valence-electron chi connectivity index (χ2n) is 8.70. The molecule has 1 fully saturated rings. The zero-order valence-electron chi connectivity index (χ0n) is 19.5. The number of hydrogen-bond acceptors (Lipinski definition) is 9. The number of primary amides is 1. The van der Waals surface area contributed by atoms with Crippen LogP contribution in [0.1, 0.15) is 24.5 Å². The number of hydrogen-bond donors (Lipinski definition) is 5. The highest BCUT2D eigenvalue weighted by molar-refractivity contribution is 5.75. The van der Waals surface area contributed by atoms with Gasteiger partial charge < -0.3 is 31.3 Å². The average molecular weight is 516 g/mol. The number of nitrogens with one attached hydrogen (secondary N) is 1. The van der Waals surface area contributed by atoms with E-state index in [-0.39, 0.29) is 44.2 Å². The fourth-order valence-corrected chi connectivity index (χ4v) is 3.96. The molecular formula is C22H28F4N6O4. The van der Waals surface area contributed by atoms with Crippen LogP contribution in [0.4, 0.5) is 29.2 Å². The van der Waals surface area contributed by atoms with Gasteiger partial charge in [0.25, 0.3) is 0 Å². The highest BCUT2D eigenvalue weighted by Crippen LogP contribution is 2.32. The molecule has 1 atom stereocenters. The second-order valence-corrected chi connectivity index (χ2v) is 8.70. The van der Waals surface area contributed by atoms with Gasteiger partial charge >= 0.3 is 6.18 Å². The van der Waals surface area contributed by atoms with Crippen LogP contribution in [0, 0.1) is 5.82 Å². The maximum Gasteiger partial charge on any atom is 0.416 e. The Hall–Kier alpha value is -3.07. The number of amides is 1. The second kappa shape index (κ2) is 10.5. The van der Waals surface area contributed by atoms with Gasteiger partial charge in [0.15, 0.2) is 11.6 Å². The summed E-state index contributed by atoms with van der Waals surface area (Å²) in [5.41, 5.74) is 2.74. The Morgan fingerprint density at radius 2 is 1.89 bits per heavy atom. The number of aromatic nitrogens is 2. The summed E-state index contributed by atoms with van der Waals surface area (Å²) in [7, 11) is 0. The molecule has 14 heteroatoms. The van der Waals surface area contributed by atoms with Crippen molar-refractivity contribution in [3.63, 3.8) is 0 Å². The van der Waals surface area contributed by atoms with Crippen LogP contribution in [0.15, 0.2) is 30.6 Å². The molecule has 2 heterocycles. The van der Waals surface area contributed by atoms with E-state index in [0.29, 0.717) is 5.56 Å². The zero-order valence-corrected chi connectivity index (χ0v) is 19.5. The lowest BCUT2D eigenvalue weighted by Crippen LogP contribution is -2.68. The van der Waals surface area contributed by atoms with Crippen molar-refractivity contribution in [2.75, 3.05) is 42.9 Å². The van der Waals surface area contributed by atoms with Gasteiger partial charge in [-0.15, -0.1) is 0 Å². The minimum Gasteiger partial charge on any atom is -0.382 e. The van der Waals surface area contributed by atoms with Crippen LogP contribution in [0.5, 0.6) is 0 Å². The van der Waals surface area contributed by atoms with Crippen molar-refractivity contribution in [2.24, 2.45) is 5.73 Å². The van der Waals surface area contributed by atoms with E-state index in [0.717, 1.165) is 18.5 Å². The van der Waals surface area contributed by atoms with Gasteiger partial charge in [0, 0.05) is 19.6 Å². The number of likely N-dealkylation sites (tertiary alicyclic amines) is 1. The smallest absolute Gasteiger partial charge is 0.382 e. The highest BCUT2D eigenvalue weighted by atomic mass is 19.4. The minimum atomic E-state index is -4.47. The lowest BCUT2D eigenvalue weighted by molar-refractivity contribution is -0.293. The summed E-state index contributed by atoms with van der Waals surface area (Å²) < 4.78 is 53.7. The first-order valence-electron chi connectivity index (χ1n) is 11.1. The Bertz CT molecular complexity index is 1070. The van der Waals surface area contributed by atoms with Crippen LogP contribution < -0.4 is 16.0 Å². The number of aliphatic hydroxyl groups is 3. The fraction of sp³-hybridized carbons (Fsp3) is 0.500. The SMILES string of the molecule is CCN(Cc1ccc(C(F)(F)F)cc1)c1ncnc(NC[C@]2(O)CCN(CC(N)=O)CC2(O)O)c1F. The Balaban J connectivity index is 1.72. The maximum atomic E-state index is 15.3. The molecule has 3 rings (SSSR count). The van der Waals surface area contributed by atoms with Crippen molar-refractivity contribution in [3.8, 4) is 0 Å². The molecule has 1 aromatic carbocycles. The monoisotopic (exact) mass is 516 g/mol. The van der Waals surface area contributed by atoms with Crippen molar-refractivity contribution < 1.29 is 37.7 Å². The highest BCUT2D eigenvalue weighted by Gasteiger charge is 2.52. The molecular weight excluding hydrogens is 488 g/mol. The van der Waals surface area contributed by atoms with E-state index in [9.17, 15) is 33.3 Å². The molecule has 1 aromatic heterocycles. The van der Waals surface area contributed by atoms with E-state index < -0.39 is 47.9 Å². The number of nitrogens with two attached hydrogens (primary N) is 1. The quantitative estimate of drug-likeness (QED) is 0.240. The first-order valence-corrected chi connectivity index (χ1v) is 11.1. The van der Waals surface area contributed by atoms with Gasteiger partial charge in [0.1, 0.15) is 11.9 Å². The van der Waals surface area contributed by atoms with E-state index >= 15 is 4.39 Å². The third kappa shape index (κ3) is 6.19. The van der Waals surface area contributed by atoms with Crippen molar-refractivity contribution in [3.05, 3.63) is 47.5 Å². The Morgan fingerprint density at radius 3 is 2.44 bits per heavy atom. The Morgan fingerprint density at radius 1 is 1.22 bits per heavy atom. The predicted octanol–water partition coefficient (Wildman–Crippen LogP) is 0.676. The third-order valence-electron chi connectivity index (χ3n) is 6.07. The van der Waals surface area contributed by atoms with E-state index in [4.69, 9.17) is 5.73 Å². The summed E-state index contributed by atoms with van der Waals surface area (Å²) in [6, 6.07) is 4.48. The number of halogens is 4. The molecule has 0 saturated carbocycles. The van der Waals surface area contributed by atoms with Crippen molar-refractivity contribution in [1.29, 1.82) is 0 Å². The summed E-state index contributed by atoms with van der Waals surface area (Å²) in [5, 5.41) is 34.2. The third-order valence-corrected chi connectivity index (χ3v) is 6.07. The summed E-state index contributed by atoms with van der Waals surface area (Å²) in [5.74, 6) is -4.62. The van der Waals surface area contributed by atoms with Gasteiger partial charge in [-0.1, -0.05) is 12.1 Å². The number of anilines is 2. The van der Waals surface area contributed by atoms with E-state index in [1.54, 1.807) is 6.92 Å². The van der Waals surface area contributed by atoms with Crippen LogP contribution in [0.25, 0.3) is 0 Å². The van der Waals surface area contributed by atoms with Crippen molar-refractivity contribution in [2.45, 2.75) is 37.5 Å². The number of β-amino-alcohol motifs (C(OH)–C–C–N with tert-alkyl or cyclic N) is 2. The van der Waals surface area contributed by atoms with Gasteiger partial charge in [-0.2, -0.15) is 17.6 Å². The Labute approximate surface area is 204 Å². The zero-order chi connectivity index (χ0) is 26.7. The van der Waals surface area contributed by atoms with Crippen LogP contribution in [0.2, 0.25) is 0 Å². The predicted molar refractivity (Wildman–Crippen MR) is 121 cm³/mol. The number of carbonyl (C=O) groups excluding carboxylic acids is 1. The van der Waals surface area contributed by atoms with Gasteiger partial charge in [0.05, 0.1) is 25.2 Å². The molecule has 198 valence electrons. The van der Waals surface area contributed by atoms with Crippen LogP contribution in [-0.2, 0) is 17.5 Å². The number of piperidine rings is 1. The molecule has 1 saturated heterocycles. The summed E-state index contributed by atoms with van der Waals surface area (Å²) in [4.78, 5) is 21.7. The minimum absolute atomic E-state index is 0.0675. The van der Waals surface area contributed by atoms with Gasteiger partial charge in [-0.05, 0) is 31.0 Å². The summed E-state index contributed by atoms with van der Waals surface area (Å²) >= 11 is 0. The molecule has 0 unspecified atom stereocenters. The lowest BCUT2D eigenvalue weighted by atomic mass is 9.85. The van der Waals surface area contributed by atoms with E-state index in [2.05, 4.69) is 15.3 Å². The topological polar surface area (TPSA) is 148 Å². The molecule has 1 aliphatic heterocycles. The van der Waals surface area contributed by atoms with Gasteiger partial charge in [-0.25, -0.2) is 9.97 Å². The largest absolute Gasteiger partial charge is 0.416 e. The number of nitrogens with zero attached hydrogens (tertiary/aromatic N) is 4. The lowest BCUT2D eigenvalue weighted by Gasteiger charge is -2.47. The Kier molecular flexibility index (Phi) is 8.03. The molecule has 2 aromatic rings. The standard InChI is InChI=1S/C22H28F4N6O4/c1-2-32(9-14-3-5-15(6-4-14)22(24,25)26)19-17(23)18(29-13-30-19)28-11-20(34)7-8-31(10-16(27)33)12-21(20,35)36/h3-6,13,34-36H,2,7-12H2,1H3,(H2,27,33)(H,28,29,30)/t20-/m1/s1. The molecule has 0 aliphatic carbocycles. The number of benzene rings is 1. The molecule has 0 bridgehead atoms. The van der Waals surface area contributed by atoms with Gasteiger partial charge in [0.2, 0.25) is 17.5 Å². The molecule has 10 nitrogen and oxygen atoms in total. The number of alkyl halides is 3.